The van der Waals surface area contributed by atoms with Crippen LogP contribution in [0.4, 0.5) is 8.63 Å². The third kappa shape index (κ3) is 31.3. The van der Waals surface area contributed by atoms with Crippen molar-refractivity contribution in [3.63, 3.8) is 0 Å². The van der Waals surface area contributed by atoms with E-state index >= 15 is 0 Å². The van der Waals surface area contributed by atoms with Crippen LogP contribution in [0, 0.1) is 3.70 Å². The highest BCUT2D eigenvalue weighted by Gasteiger charge is 2.28. The van der Waals surface area contributed by atoms with Gasteiger partial charge in [-0.3, -0.25) is 4.79 Å². The molecule has 480 valence electrons. The number of halogens is 3. The molecule has 0 spiro atoms. The molecule has 0 saturated heterocycles. The van der Waals surface area contributed by atoms with Crippen LogP contribution >= 0.6 is 22.6 Å². The summed E-state index contributed by atoms with van der Waals surface area (Å²) in [5.41, 5.74) is 6.27. The first-order chi connectivity index (χ1) is 41.2. The monoisotopic (exact) mass is 1280 g/mol. The fraction of sp³-hybridized carbons (Fsp3) is 0.767. The molecule has 1 aromatic carbocycles. The van der Waals surface area contributed by atoms with Crippen LogP contribution in [0.25, 0.3) is 17.0 Å². The van der Waals surface area contributed by atoms with Crippen LogP contribution in [0.3, 0.4) is 0 Å². The lowest BCUT2D eigenvalue weighted by molar-refractivity contribution is 0.104. The van der Waals surface area contributed by atoms with Crippen LogP contribution in [0.5, 0.6) is 17.2 Å². The predicted molar refractivity (Wildman–Crippen MR) is 366 cm³/mol. The van der Waals surface area contributed by atoms with E-state index in [9.17, 15) is 13.4 Å². The fourth-order valence-corrected chi connectivity index (χ4v) is 13.3. The maximum Gasteiger partial charge on any atom is 0.796 e. The minimum absolute atomic E-state index is 0.153. The highest BCUT2D eigenvalue weighted by Crippen LogP contribution is 2.44. The van der Waals surface area contributed by atoms with Crippen molar-refractivity contribution in [2.24, 2.45) is 0 Å². The second kappa shape index (κ2) is 50.0. The van der Waals surface area contributed by atoms with Gasteiger partial charge in [0.15, 0.2) is 11.5 Å². The van der Waals surface area contributed by atoms with E-state index in [-0.39, 0.29) is 5.76 Å². The van der Waals surface area contributed by atoms with Crippen LogP contribution in [0.2, 0.25) is 0 Å². The van der Waals surface area contributed by atoms with Crippen molar-refractivity contribution in [2.45, 2.75) is 344 Å². The highest BCUT2D eigenvalue weighted by atomic mass is 127. The van der Waals surface area contributed by atoms with Crippen molar-refractivity contribution in [1.29, 1.82) is 0 Å². The molecule has 0 amide bonds. The van der Waals surface area contributed by atoms with Gasteiger partial charge in [0.2, 0.25) is 11.5 Å². The number of aromatic nitrogens is 2. The lowest BCUT2D eigenvalue weighted by Crippen LogP contribution is -2.09. The first-order valence-electron chi connectivity index (χ1n) is 35.6. The van der Waals surface area contributed by atoms with Gasteiger partial charge in [0.25, 0.3) is 0 Å². The molecule has 11 heteroatoms. The molecule has 0 aliphatic carbocycles. The standard InChI is InChI=1S/C73H124BF2IN2O5/c1-8-15-18-21-24-27-30-33-36-39-42-45-48-51-54-81-67-57-60(69-61(11-4)62(12-5)70(78-69)65(80)59-66(84-74(75)76)71-63(13-6)64(14-7)73(77)79-71)58-68(82-55-52-49-46-43-40-37-34-31-28-25-22-19-16-9-2)72(67)83-56-53-50-47-44-41-38-35-32-29-26-23-20-17-10-3/h57-59,78-79H,8-56H2,1-7H3/b66-59-. The van der Waals surface area contributed by atoms with E-state index in [0.717, 1.165) is 82.2 Å². The van der Waals surface area contributed by atoms with E-state index in [1.54, 1.807) is 0 Å². The van der Waals surface area contributed by atoms with Crippen molar-refractivity contribution in [3.8, 4) is 28.5 Å². The lowest BCUT2D eigenvalue weighted by atomic mass is 9.98. The Hall–Kier alpha value is -2.96. The number of unbranched alkanes of at least 4 members (excludes halogenated alkanes) is 39. The lowest BCUT2D eigenvalue weighted by Gasteiger charge is -2.19. The number of rotatable bonds is 58. The van der Waals surface area contributed by atoms with Crippen molar-refractivity contribution < 1.29 is 32.3 Å². The van der Waals surface area contributed by atoms with Gasteiger partial charge in [0.05, 0.1) is 34.9 Å². The zero-order valence-electron chi connectivity index (χ0n) is 55.1. The molecule has 0 saturated carbocycles. The number of nitrogens with one attached hydrogen (secondary N) is 2. The molecule has 0 bridgehead atoms. The van der Waals surface area contributed by atoms with E-state index in [0.29, 0.717) is 67.7 Å². The molecule has 0 radical (unpaired) electrons. The molecule has 0 unspecified atom stereocenters. The van der Waals surface area contributed by atoms with Crippen LogP contribution in [0.1, 0.15) is 357 Å². The fourth-order valence-electron chi connectivity index (χ4n) is 12.3. The van der Waals surface area contributed by atoms with Crippen molar-refractivity contribution in [3.05, 3.63) is 55.6 Å². The molecule has 3 rings (SSSR count). The van der Waals surface area contributed by atoms with Crippen LogP contribution in [-0.2, 0) is 30.3 Å². The summed E-state index contributed by atoms with van der Waals surface area (Å²) in [6.07, 6.45) is 58.3. The first-order valence-corrected chi connectivity index (χ1v) is 36.7. The Morgan fingerprint density at radius 3 is 1.05 bits per heavy atom. The molecule has 84 heavy (non-hydrogen) atoms. The Kier molecular flexibility index (Phi) is 44.8. The van der Waals surface area contributed by atoms with Gasteiger partial charge in [-0.25, -0.2) is 8.63 Å². The Bertz CT molecular complexity index is 2080. The number of carbonyl (C=O) groups is 1. The van der Waals surface area contributed by atoms with Crippen molar-refractivity contribution >= 4 is 41.6 Å². The number of hydrogen-bond donors (Lipinski definition) is 2. The van der Waals surface area contributed by atoms with Crippen LogP contribution in [-0.4, -0.2) is 43.0 Å². The number of ketones is 1. The van der Waals surface area contributed by atoms with Gasteiger partial charge in [-0.2, -0.15) is 0 Å². The zero-order valence-corrected chi connectivity index (χ0v) is 57.3. The van der Waals surface area contributed by atoms with Crippen molar-refractivity contribution in [2.75, 3.05) is 19.8 Å². The summed E-state index contributed by atoms with van der Waals surface area (Å²) in [6.45, 7) is 16.8. The van der Waals surface area contributed by atoms with Gasteiger partial charge in [-0.05, 0) is 102 Å². The summed E-state index contributed by atoms with van der Waals surface area (Å²) in [6, 6.07) is 4.15. The number of benzene rings is 1. The largest absolute Gasteiger partial charge is 0.796 e. The Balaban J connectivity index is 1.87. The van der Waals surface area contributed by atoms with Crippen molar-refractivity contribution in [1.82, 2.24) is 9.97 Å². The number of carbonyl (C=O) groups excluding carboxylic acids is 1. The average molecular weight is 1290 g/mol. The van der Waals surface area contributed by atoms with E-state index < -0.39 is 13.3 Å². The van der Waals surface area contributed by atoms with Crippen LogP contribution < -0.4 is 14.2 Å². The Morgan fingerprint density at radius 2 is 0.726 bits per heavy atom. The molecule has 2 N–H and O–H groups in total. The minimum atomic E-state index is -3.10. The molecule has 0 aliphatic rings. The van der Waals surface area contributed by atoms with Gasteiger partial charge < -0.3 is 28.8 Å². The average Bonchev–Trinajstić information content (AvgIpc) is 4.02. The third-order valence-electron chi connectivity index (χ3n) is 17.3. The molecule has 0 atom stereocenters. The molecular formula is C73H124BF2IN2O5. The molecule has 0 fully saturated rings. The minimum Gasteiger partial charge on any atom is -0.503 e. The molecule has 2 heterocycles. The zero-order chi connectivity index (χ0) is 60.7. The molecule has 2 aromatic heterocycles. The first kappa shape index (κ1) is 75.3. The van der Waals surface area contributed by atoms with Crippen LogP contribution in [0.15, 0.2) is 18.2 Å². The Labute approximate surface area is 528 Å². The number of H-pyrrole nitrogens is 2. The summed E-state index contributed by atoms with van der Waals surface area (Å²) in [4.78, 5) is 21.4. The van der Waals surface area contributed by atoms with E-state index in [1.807, 2.05) is 20.8 Å². The molecule has 3 aromatic rings. The summed E-state index contributed by atoms with van der Waals surface area (Å²) in [5.74, 6) is 1.43. The van der Waals surface area contributed by atoms with Gasteiger partial charge in [-0.1, -0.05) is 299 Å². The van der Waals surface area contributed by atoms with E-state index in [2.05, 4.69) is 72.4 Å². The number of hydrogen-bond acceptors (Lipinski definition) is 5. The molecular weight excluding hydrogens is 1160 g/mol. The maximum atomic E-state index is 14.6. The van der Waals surface area contributed by atoms with Gasteiger partial charge in [0.1, 0.15) is 5.76 Å². The maximum absolute atomic E-state index is 14.6. The second-order valence-corrected chi connectivity index (χ2v) is 25.5. The number of ether oxygens (including phenoxy) is 3. The van der Waals surface area contributed by atoms with Gasteiger partial charge in [-0.15, -0.1) is 0 Å². The summed E-state index contributed by atoms with van der Waals surface area (Å²) in [7, 11) is -3.10. The quantitative estimate of drug-likeness (QED) is 0.0147. The SMILES string of the molecule is CCCCCCCCCCCCCCCCOc1cc(-c2[nH]c(C(=O)/C=C(\OB(F)F)c3[nH]c(I)c(CC)c3CC)c(CC)c2CC)cc(OCCCCCCCCCCCCCCCC)c1OCCCCCCCCCCCCCCCC. The van der Waals surface area contributed by atoms with E-state index in [4.69, 9.17) is 18.9 Å². The molecule has 7 nitrogen and oxygen atoms in total. The Morgan fingerprint density at radius 1 is 0.417 bits per heavy atom. The summed E-state index contributed by atoms with van der Waals surface area (Å²) < 4.78 is 54.9. The van der Waals surface area contributed by atoms with Gasteiger partial charge in [0, 0.05) is 17.3 Å². The third-order valence-corrected chi connectivity index (χ3v) is 18.3. The highest BCUT2D eigenvalue weighted by molar-refractivity contribution is 14.1. The second-order valence-electron chi connectivity index (χ2n) is 24.4. The predicted octanol–water partition coefficient (Wildman–Crippen LogP) is 24.6. The summed E-state index contributed by atoms with van der Waals surface area (Å²) >= 11 is 2.20. The normalized spacial score (nSPS) is 11.8. The number of allylic oxidation sites excluding steroid dienone is 1. The van der Waals surface area contributed by atoms with E-state index in [1.165, 1.54) is 237 Å². The number of aromatic amines is 2. The summed E-state index contributed by atoms with van der Waals surface area (Å²) in [5, 5.41) is 0. The smallest absolute Gasteiger partial charge is 0.503 e. The van der Waals surface area contributed by atoms with Gasteiger partial charge >= 0.3 is 7.47 Å². The molecule has 0 aliphatic heterocycles. The topological polar surface area (TPSA) is 85.6 Å².